The number of carbonyl (C=O) groups excluding carboxylic acids is 1. The number of aromatic nitrogens is 1. The van der Waals surface area contributed by atoms with Gasteiger partial charge >= 0.3 is 0 Å². The Morgan fingerprint density at radius 2 is 2.04 bits per heavy atom. The van der Waals surface area contributed by atoms with Crippen molar-refractivity contribution in [2.45, 2.75) is 6.04 Å². The molecule has 0 spiro atoms. The summed E-state index contributed by atoms with van der Waals surface area (Å²) in [6.07, 6.45) is 1.55. The minimum absolute atomic E-state index is 0.0512. The van der Waals surface area contributed by atoms with Crippen LogP contribution >= 0.6 is 0 Å². The molecule has 0 saturated carbocycles. The maximum Gasteiger partial charge on any atom is 0.276 e. The molecule has 1 fully saturated rings. The van der Waals surface area contributed by atoms with E-state index in [-0.39, 0.29) is 17.6 Å². The second kappa shape index (κ2) is 7.28. The molecule has 3 aromatic rings. The Bertz CT molecular complexity index is 919. The molecule has 0 N–H and O–H groups in total. The Kier molecular flexibility index (Phi) is 4.68. The molecule has 1 aliphatic rings. The van der Waals surface area contributed by atoms with Crippen molar-refractivity contribution in [1.82, 2.24) is 15.0 Å². The van der Waals surface area contributed by atoms with E-state index in [1.54, 1.807) is 36.5 Å². The van der Waals surface area contributed by atoms with Crippen LogP contribution in [0.5, 0.6) is 5.75 Å². The van der Waals surface area contributed by atoms with Crippen LogP contribution in [0, 0.1) is 0 Å². The third-order valence-corrected chi connectivity index (χ3v) is 4.93. The number of carbonyl (C=O) groups is 1. The second-order valence-corrected chi connectivity index (χ2v) is 6.54. The highest BCUT2D eigenvalue weighted by Crippen LogP contribution is 2.31. The van der Waals surface area contributed by atoms with Crippen LogP contribution in [0.15, 0.2) is 57.7 Å². The van der Waals surface area contributed by atoms with Gasteiger partial charge in [-0.3, -0.25) is 9.69 Å². The summed E-state index contributed by atoms with van der Waals surface area (Å²) in [5.41, 5.74) is 1.35. The summed E-state index contributed by atoms with van der Waals surface area (Å²) in [6, 6.07) is 13.1. The van der Waals surface area contributed by atoms with Gasteiger partial charge in [-0.1, -0.05) is 23.4 Å². The molecule has 27 heavy (non-hydrogen) atoms. The van der Waals surface area contributed by atoms with Crippen LogP contribution in [0.1, 0.15) is 22.1 Å². The first-order valence-electron chi connectivity index (χ1n) is 8.80. The van der Waals surface area contributed by atoms with Gasteiger partial charge in [-0.2, -0.15) is 0 Å². The maximum absolute atomic E-state index is 12.9. The number of amides is 1. The highest BCUT2D eigenvalue weighted by Gasteiger charge is 2.31. The minimum atomic E-state index is -0.149. The lowest BCUT2D eigenvalue weighted by Crippen LogP contribution is -2.49. The lowest BCUT2D eigenvalue weighted by atomic mass is 10.0. The molecule has 1 aliphatic heterocycles. The third kappa shape index (κ3) is 3.33. The highest BCUT2D eigenvalue weighted by molar-refractivity contribution is 5.93. The van der Waals surface area contributed by atoms with Crippen LogP contribution in [0.3, 0.4) is 0 Å². The average molecular weight is 367 g/mol. The number of furan rings is 1. The zero-order chi connectivity index (χ0) is 18.8. The molecule has 0 aliphatic carbocycles. The van der Waals surface area contributed by atoms with Gasteiger partial charge in [0.1, 0.15) is 5.75 Å². The zero-order valence-electron chi connectivity index (χ0n) is 15.3. The van der Waals surface area contributed by atoms with Crippen molar-refractivity contribution >= 4 is 5.91 Å². The van der Waals surface area contributed by atoms with E-state index in [1.165, 1.54) is 0 Å². The second-order valence-electron chi connectivity index (χ2n) is 6.54. The van der Waals surface area contributed by atoms with Crippen LogP contribution in [0.2, 0.25) is 0 Å². The number of hydrogen-bond donors (Lipinski definition) is 0. The first-order valence-corrected chi connectivity index (χ1v) is 8.80. The van der Waals surface area contributed by atoms with Gasteiger partial charge in [-0.05, 0) is 25.2 Å². The lowest BCUT2D eigenvalue weighted by Gasteiger charge is -2.39. The molecule has 1 unspecified atom stereocenters. The number of methoxy groups -OCH3 is 1. The van der Waals surface area contributed by atoms with E-state index in [9.17, 15) is 4.79 Å². The van der Waals surface area contributed by atoms with Gasteiger partial charge in [0.2, 0.25) is 5.76 Å². The van der Waals surface area contributed by atoms with Gasteiger partial charge in [-0.15, -0.1) is 0 Å². The molecule has 0 bridgehead atoms. The van der Waals surface area contributed by atoms with Crippen LogP contribution in [0.25, 0.3) is 11.5 Å². The number of ether oxygens (including phenoxy) is 1. The van der Waals surface area contributed by atoms with E-state index in [1.807, 2.05) is 24.3 Å². The van der Waals surface area contributed by atoms with Crippen LogP contribution in [-0.4, -0.2) is 54.7 Å². The summed E-state index contributed by atoms with van der Waals surface area (Å²) in [5.74, 6) is 1.67. The van der Waals surface area contributed by atoms with Gasteiger partial charge in [0, 0.05) is 31.3 Å². The van der Waals surface area contributed by atoms with Crippen molar-refractivity contribution in [3.63, 3.8) is 0 Å². The molecule has 2 aromatic heterocycles. The van der Waals surface area contributed by atoms with Gasteiger partial charge in [0.05, 0.1) is 19.4 Å². The van der Waals surface area contributed by atoms with Gasteiger partial charge in [-0.25, -0.2) is 0 Å². The number of likely N-dealkylation sites (N-methyl/N-ethyl adjacent to an activating group) is 1. The molecule has 4 rings (SSSR count). The molecule has 1 amide bonds. The quantitative estimate of drug-likeness (QED) is 0.706. The Morgan fingerprint density at radius 3 is 2.81 bits per heavy atom. The summed E-state index contributed by atoms with van der Waals surface area (Å²) in [7, 11) is 3.72. The molecule has 0 radical (unpaired) electrons. The Morgan fingerprint density at radius 1 is 1.19 bits per heavy atom. The Hall–Kier alpha value is -3.06. The minimum Gasteiger partial charge on any atom is -0.496 e. The van der Waals surface area contributed by atoms with Gasteiger partial charge in [0.25, 0.3) is 5.91 Å². The summed E-state index contributed by atoms with van der Waals surface area (Å²) in [4.78, 5) is 17.0. The van der Waals surface area contributed by atoms with Crippen molar-refractivity contribution in [2.75, 3.05) is 33.8 Å². The number of piperazine rings is 1. The van der Waals surface area contributed by atoms with Crippen molar-refractivity contribution in [1.29, 1.82) is 0 Å². The topological polar surface area (TPSA) is 72.0 Å². The van der Waals surface area contributed by atoms with E-state index in [4.69, 9.17) is 13.7 Å². The van der Waals surface area contributed by atoms with Gasteiger partial charge < -0.3 is 18.6 Å². The molecule has 1 saturated heterocycles. The van der Waals surface area contributed by atoms with E-state index < -0.39 is 0 Å². The fourth-order valence-electron chi connectivity index (χ4n) is 3.41. The van der Waals surface area contributed by atoms with Gasteiger partial charge in [0.15, 0.2) is 11.5 Å². The maximum atomic E-state index is 12.9. The van der Waals surface area contributed by atoms with E-state index in [0.717, 1.165) is 17.9 Å². The standard InChI is InChI=1S/C20H21N3O4/c1-22-9-10-23(13-16(22)14-6-3-4-7-17(14)25-2)20(24)15-12-19(27-21-15)18-8-5-11-26-18/h3-8,11-12,16H,9-10,13H2,1-2H3. The monoisotopic (exact) mass is 367 g/mol. The predicted molar refractivity (Wildman–Crippen MR) is 98.5 cm³/mol. The molecule has 1 atom stereocenters. The van der Waals surface area contributed by atoms with Crippen LogP contribution < -0.4 is 4.74 Å². The van der Waals surface area contributed by atoms with E-state index in [0.29, 0.717) is 24.6 Å². The molecule has 7 nitrogen and oxygen atoms in total. The first-order chi connectivity index (χ1) is 13.2. The molecular formula is C20H21N3O4. The van der Waals surface area contributed by atoms with Crippen molar-refractivity contribution < 1.29 is 18.5 Å². The largest absolute Gasteiger partial charge is 0.496 e. The molecule has 7 heteroatoms. The molecule has 140 valence electrons. The Labute approximate surface area is 157 Å². The molecular weight excluding hydrogens is 346 g/mol. The number of nitrogens with zero attached hydrogens (tertiary/aromatic N) is 3. The van der Waals surface area contributed by atoms with Crippen molar-refractivity contribution in [3.8, 4) is 17.3 Å². The third-order valence-electron chi connectivity index (χ3n) is 4.93. The molecule has 1 aromatic carbocycles. The average Bonchev–Trinajstić information content (AvgIpc) is 3.39. The smallest absolute Gasteiger partial charge is 0.276 e. The summed E-state index contributed by atoms with van der Waals surface area (Å²) in [5, 5.41) is 3.93. The number of rotatable bonds is 4. The van der Waals surface area contributed by atoms with E-state index in [2.05, 4.69) is 17.1 Å². The molecule has 3 heterocycles. The van der Waals surface area contributed by atoms with Crippen molar-refractivity contribution in [2.24, 2.45) is 0 Å². The summed E-state index contributed by atoms with van der Waals surface area (Å²) < 4.78 is 16.1. The SMILES string of the molecule is COc1ccccc1C1CN(C(=O)c2cc(-c3ccco3)on2)CCN1C. The fraction of sp³-hybridized carbons (Fsp3) is 0.300. The number of benzene rings is 1. The first kappa shape index (κ1) is 17.4. The lowest BCUT2D eigenvalue weighted by molar-refractivity contribution is 0.0533. The number of para-hydroxylation sites is 1. The zero-order valence-corrected chi connectivity index (χ0v) is 15.3. The summed E-state index contributed by atoms with van der Waals surface area (Å²) >= 11 is 0. The number of hydrogen-bond acceptors (Lipinski definition) is 6. The van der Waals surface area contributed by atoms with Crippen LogP contribution in [-0.2, 0) is 0 Å². The van der Waals surface area contributed by atoms with E-state index >= 15 is 0 Å². The van der Waals surface area contributed by atoms with Crippen molar-refractivity contribution in [3.05, 3.63) is 60.0 Å². The summed E-state index contributed by atoms with van der Waals surface area (Å²) in [6.45, 7) is 1.94. The normalized spacial score (nSPS) is 17.9. The fourth-order valence-corrected chi connectivity index (χ4v) is 3.41. The predicted octanol–water partition coefficient (Wildman–Crippen LogP) is 3.07. The Balaban J connectivity index is 1.55. The van der Waals surface area contributed by atoms with Crippen LogP contribution in [0.4, 0.5) is 0 Å². The highest BCUT2D eigenvalue weighted by atomic mass is 16.5.